The quantitative estimate of drug-likeness (QED) is 0.319. The minimum atomic E-state index is -0.258. The van der Waals surface area contributed by atoms with E-state index >= 15 is 0 Å². The van der Waals surface area contributed by atoms with E-state index in [9.17, 15) is 4.79 Å². The Morgan fingerprint density at radius 3 is 2.35 bits per heavy atom. The largest absolute Gasteiger partial charge is 0.451 e. The molecule has 0 radical (unpaired) electrons. The van der Waals surface area contributed by atoms with Gasteiger partial charge in [-0.1, -0.05) is 52.3 Å². The highest BCUT2D eigenvalue weighted by Gasteiger charge is 2.13. The number of nitrogens with one attached hydrogen (secondary N) is 1. The van der Waals surface area contributed by atoms with Gasteiger partial charge in [0.2, 0.25) is 5.89 Å². The number of para-hydroxylation sites is 2. The molecule has 1 N–H and O–H groups in total. The summed E-state index contributed by atoms with van der Waals surface area (Å²) in [6.45, 7) is 0.390. The number of halogens is 1. The second-order valence-electron chi connectivity index (χ2n) is 7.04. The van der Waals surface area contributed by atoms with Crippen LogP contribution < -0.4 is 5.32 Å². The highest BCUT2D eigenvalue weighted by atomic mass is 79.9. The Balaban J connectivity index is 1.24. The van der Waals surface area contributed by atoms with Crippen molar-refractivity contribution in [1.29, 1.82) is 0 Å². The Kier molecular flexibility index (Phi) is 5.14. The molecule has 0 unspecified atom stereocenters. The van der Waals surface area contributed by atoms with Crippen LogP contribution in [0.4, 0.5) is 0 Å². The van der Waals surface area contributed by atoms with Crippen LogP contribution in [0.3, 0.4) is 0 Å². The molecule has 0 aliphatic rings. The van der Waals surface area contributed by atoms with Gasteiger partial charge < -0.3 is 14.2 Å². The number of benzene rings is 3. The highest BCUT2D eigenvalue weighted by Crippen LogP contribution is 2.25. The summed E-state index contributed by atoms with van der Waals surface area (Å²) in [5.74, 6) is 1.25. The number of rotatable bonds is 5. The van der Waals surface area contributed by atoms with E-state index in [4.69, 9.17) is 8.83 Å². The molecule has 1 amide bonds. The molecule has 0 aliphatic carbocycles. The third-order valence-electron chi connectivity index (χ3n) is 4.91. The molecule has 0 saturated carbocycles. The number of furan rings is 1. The van der Waals surface area contributed by atoms with E-state index < -0.39 is 0 Å². The van der Waals surface area contributed by atoms with E-state index in [0.717, 1.165) is 32.3 Å². The van der Waals surface area contributed by atoms with Gasteiger partial charge in [0.05, 0.1) is 0 Å². The first-order valence-corrected chi connectivity index (χ1v) is 10.5. The van der Waals surface area contributed by atoms with Crippen molar-refractivity contribution in [3.05, 3.63) is 101 Å². The Bertz CT molecular complexity index is 1320. The molecule has 6 heteroatoms. The number of carbonyl (C=O) groups excluding carboxylic acids is 1. The average Bonchev–Trinajstić information content (AvgIpc) is 3.46. The Hall–Kier alpha value is -3.64. The fourth-order valence-corrected chi connectivity index (χ4v) is 3.52. The second kappa shape index (κ2) is 8.24. The molecule has 0 aliphatic heterocycles. The molecule has 3 aromatic carbocycles. The van der Waals surface area contributed by atoms with Crippen LogP contribution in [0.25, 0.3) is 33.9 Å². The molecule has 0 spiro atoms. The smallest absolute Gasteiger partial charge is 0.287 e. The lowest BCUT2D eigenvalue weighted by molar-refractivity contribution is 0.0924. The zero-order chi connectivity index (χ0) is 21.2. The number of hydrogen-bond acceptors (Lipinski definition) is 4. The number of nitrogens with zero attached hydrogens (tertiary/aromatic N) is 1. The van der Waals surface area contributed by atoms with Crippen molar-refractivity contribution in [2.75, 3.05) is 0 Å². The molecule has 5 rings (SSSR count). The van der Waals surface area contributed by atoms with Crippen molar-refractivity contribution in [3.63, 3.8) is 0 Å². The van der Waals surface area contributed by atoms with Crippen LogP contribution in [0.5, 0.6) is 0 Å². The molecular weight excluding hydrogens is 456 g/mol. The van der Waals surface area contributed by atoms with Gasteiger partial charge in [-0.15, -0.1) is 0 Å². The number of fused-ring (bicyclic) bond motifs is 1. The van der Waals surface area contributed by atoms with Gasteiger partial charge in [0, 0.05) is 22.1 Å². The zero-order valence-corrected chi connectivity index (χ0v) is 17.9. The van der Waals surface area contributed by atoms with Gasteiger partial charge in [-0.25, -0.2) is 4.98 Å². The van der Waals surface area contributed by atoms with Gasteiger partial charge in [0.15, 0.2) is 11.3 Å². The first kappa shape index (κ1) is 19.3. The lowest BCUT2D eigenvalue weighted by atomic mass is 10.1. The first-order chi connectivity index (χ1) is 15.2. The van der Waals surface area contributed by atoms with Crippen molar-refractivity contribution in [2.24, 2.45) is 0 Å². The number of carbonyl (C=O) groups is 1. The molecule has 0 bridgehead atoms. The lowest BCUT2D eigenvalue weighted by Crippen LogP contribution is -2.22. The van der Waals surface area contributed by atoms with Crippen LogP contribution >= 0.6 is 15.9 Å². The summed E-state index contributed by atoms with van der Waals surface area (Å²) in [4.78, 5) is 17.0. The Labute approximate surface area is 186 Å². The molecule has 0 saturated heterocycles. The maximum atomic E-state index is 12.5. The fraction of sp³-hybridized carbons (Fsp3) is 0.0400. The summed E-state index contributed by atoms with van der Waals surface area (Å²) in [6, 6.07) is 26.6. The molecule has 0 atom stereocenters. The Morgan fingerprint density at radius 1 is 0.839 bits per heavy atom. The minimum absolute atomic E-state index is 0.258. The third-order valence-corrected chi connectivity index (χ3v) is 5.44. The van der Waals surface area contributed by atoms with E-state index in [-0.39, 0.29) is 11.7 Å². The summed E-state index contributed by atoms with van der Waals surface area (Å²) in [6.07, 6.45) is 0. The van der Waals surface area contributed by atoms with Crippen LogP contribution in [0, 0.1) is 0 Å². The summed E-state index contributed by atoms with van der Waals surface area (Å²) in [7, 11) is 0. The van der Waals surface area contributed by atoms with Gasteiger partial charge in [-0.3, -0.25) is 4.79 Å². The van der Waals surface area contributed by atoms with Crippen molar-refractivity contribution in [1.82, 2.24) is 10.3 Å². The van der Waals surface area contributed by atoms with Crippen molar-refractivity contribution in [3.8, 4) is 22.8 Å². The van der Waals surface area contributed by atoms with Gasteiger partial charge in [0.25, 0.3) is 5.91 Å². The highest BCUT2D eigenvalue weighted by molar-refractivity contribution is 9.10. The number of hydrogen-bond donors (Lipinski definition) is 1. The maximum Gasteiger partial charge on any atom is 0.287 e. The lowest BCUT2D eigenvalue weighted by Gasteiger charge is -2.04. The fourth-order valence-electron chi connectivity index (χ4n) is 3.26. The standard InChI is InChI=1S/C25H17BrN2O3/c26-19-11-9-17(10-12-19)21-13-14-23(30-21)24(29)27-15-16-5-7-18(8-6-16)25-28-20-3-1-2-4-22(20)31-25/h1-14H,15H2,(H,27,29). The monoisotopic (exact) mass is 472 g/mol. The Morgan fingerprint density at radius 2 is 1.58 bits per heavy atom. The van der Waals surface area contributed by atoms with Crippen molar-refractivity contribution >= 4 is 32.9 Å². The molecule has 2 heterocycles. The SMILES string of the molecule is O=C(NCc1ccc(-c2nc3ccccc3o2)cc1)c1ccc(-c2ccc(Br)cc2)o1. The van der Waals surface area contributed by atoms with Crippen LogP contribution in [-0.2, 0) is 6.54 Å². The average molecular weight is 473 g/mol. The van der Waals surface area contributed by atoms with E-state index in [0.29, 0.717) is 18.2 Å². The number of amides is 1. The predicted octanol–water partition coefficient (Wildman–Crippen LogP) is 6.45. The van der Waals surface area contributed by atoms with Crippen molar-refractivity contribution in [2.45, 2.75) is 6.54 Å². The normalized spacial score (nSPS) is 11.0. The first-order valence-electron chi connectivity index (χ1n) is 9.74. The zero-order valence-electron chi connectivity index (χ0n) is 16.3. The minimum Gasteiger partial charge on any atom is -0.451 e. The van der Waals surface area contributed by atoms with Gasteiger partial charge in [-0.2, -0.15) is 0 Å². The van der Waals surface area contributed by atoms with E-state index in [1.165, 1.54) is 0 Å². The molecule has 2 aromatic heterocycles. The van der Waals surface area contributed by atoms with Gasteiger partial charge in [-0.05, 0) is 54.1 Å². The molecule has 5 aromatic rings. The number of aromatic nitrogens is 1. The molecule has 5 nitrogen and oxygen atoms in total. The second-order valence-corrected chi connectivity index (χ2v) is 7.95. The van der Waals surface area contributed by atoms with Crippen LogP contribution in [0.1, 0.15) is 16.1 Å². The van der Waals surface area contributed by atoms with Crippen LogP contribution in [0.15, 0.2) is 98.2 Å². The predicted molar refractivity (Wildman–Crippen MR) is 122 cm³/mol. The van der Waals surface area contributed by atoms with Crippen molar-refractivity contribution < 1.29 is 13.6 Å². The van der Waals surface area contributed by atoms with E-state index in [1.54, 1.807) is 12.1 Å². The molecular formula is C25H17BrN2O3. The summed E-state index contributed by atoms with van der Waals surface area (Å²) in [5.41, 5.74) is 4.35. The van der Waals surface area contributed by atoms with E-state index in [1.807, 2.05) is 72.8 Å². The number of oxazole rings is 1. The summed E-state index contributed by atoms with van der Waals surface area (Å²) < 4.78 is 12.5. The van der Waals surface area contributed by atoms with Crippen LogP contribution in [0.2, 0.25) is 0 Å². The van der Waals surface area contributed by atoms with E-state index in [2.05, 4.69) is 26.2 Å². The molecule has 0 fully saturated rings. The van der Waals surface area contributed by atoms with Gasteiger partial charge in [0.1, 0.15) is 11.3 Å². The third kappa shape index (κ3) is 4.15. The van der Waals surface area contributed by atoms with Gasteiger partial charge >= 0.3 is 0 Å². The summed E-state index contributed by atoms with van der Waals surface area (Å²) in [5, 5.41) is 2.89. The topological polar surface area (TPSA) is 68.3 Å². The summed E-state index contributed by atoms with van der Waals surface area (Å²) >= 11 is 3.41. The van der Waals surface area contributed by atoms with Crippen LogP contribution in [-0.4, -0.2) is 10.9 Å². The maximum absolute atomic E-state index is 12.5. The molecule has 152 valence electrons. The molecule has 31 heavy (non-hydrogen) atoms.